The third-order valence-corrected chi connectivity index (χ3v) is 5.49. The number of alkyl halides is 3. The highest BCUT2D eigenvalue weighted by Crippen LogP contribution is 2.38. The van der Waals surface area contributed by atoms with Gasteiger partial charge in [0.1, 0.15) is 29.6 Å². The van der Waals surface area contributed by atoms with E-state index < -0.39 is 95.2 Å². The Hall–Kier alpha value is -3.24. The van der Waals surface area contributed by atoms with Gasteiger partial charge in [0.05, 0.1) is 30.7 Å². The van der Waals surface area contributed by atoms with Crippen LogP contribution in [0.4, 0.5) is 13.2 Å². The minimum Gasteiger partial charge on any atom is -0.476 e. The van der Waals surface area contributed by atoms with Crippen LogP contribution in [-0.4, -0.2) is 80.3 Å². The molecule has 1 aliphatic heterocycles. The number of benzene rings is 1. The van der Waals surface area contributed by atoms with E-state index in [2.05, 4.69) is 5.32 Å². The van der Waals surface area contributed by atoms with E-state index in [9.17, 15) is 48.0 Å². The zero-order valence-corrected chi connectivity index (χ0v) is 18.4. The van der Waals surface area contributed by atoms with E-state index in [0.717, 1.165) is 25.1 Å². The van der Waals surface area contributed by atoms with Gasteiger partial charge in [-0.2, -0.15) is 13.2 Å². The second-order valence-corrected chi connectivity index (χ2v) is 8.12. The predicted octanol–water partition coefficient (Wildman–Crippen LogP) is -0.660. The van der Waals surface area contributed by atoms with Crippen molar-refractivity contribution < 1.29 is 62.2 Å². The summed E-state index contributed by atoms with van der Waals surface area (Å²) in [4.78, 5) is 35.4. The van der Waals surface area contributed by atoms with E-state index in [0.29, 0.717) is 0 Å². The number of carboxylic acids is 1. The molecule has 0 saturated carbocycles. The second-order valence-electron chi connectivity index (χ2n) is 8.12. The number of ether oxygens (including phenoxy) is 2. The molecule has 6 N–H and O–H groups in total. The van der Waals surface area contributed by atoms with Crippen molar-refractivity contribution >= 4 is 22.8 Å². The molecule has 3 rings (SSSR count). The molecular formula is C21H22F3NO11. The van der Waals surface area contributed by atoms with E-state index in [-0.39, 0.29) is 6.07 Å². The zero-order chi connectivity index (χ0) is 27.0. The number of carbonyl (C=O) groups excluding carboxylic acids is 1. The van der Waals surface area contributed by atoms with Crippen molar-refractivity contribution in [3.8, 4) is 5.75 Å². The summed E-state index contributed by atoms with van der Waals surface area (Å²) >= 11 is 0. The van der Waals surface area contributed by atoms with E-state index in [1.807, 2.05) is 0 Å². The summed E-state index contributed by atoms with van der Waals surface area (Å²) in [5.74, 6) is -5.78. The number of carbonyl (C=O) groups is 2. The second kappa shape index (κ2) is 10.0. The van der Waals surface area contributed by atoms with Crippen molar-refractivity contribution in [2.45, 2.75) is 55.8 Å². The first-order chi connectivity index (χ1) is 16.7. The van der Waals surface area contributed by atoms with Crippen LogP contribution >= 0.6 is 0 Å². The van der Waals surface area contributed by atoms with Crippen LogP contribution < -0.4 is 15.7 Å². The van der Waals surface area contributed by atoms with Gasteiger partial charge in [0.15, 0.2) is 0 Å². The van der Waals surface area contributed by atoms with Gasteiger partial charge in [-0.3, -0.25) is 4.79 Å². The summed E-state index contributed by atoms with van der Waals surface area (Å²) in [6.07, 6.45) is -13.2. The monoisotopic (exact) mass is 521 g/mol. The van der Waals surface area contributed by atoms with Gasteiger partial charge in [-0.1, -0.05) is 0 Å². The first-order valence-electron chi connectivity index (χ1n) is 10.4. The molecule has 0 unspecified atom stereocenters. The fourth-order valence-electron chi connectivity index (χ4n) is 3.86. The summed E-state index contributed by atoms with van der Waals surface area (Å²) < 4.78 is 55.5. The fourth-order valence-corrected chi connectivity index (χ4v) is 3.86. The highest BCUT2D eigenvalue weighted by molar-refractivity contribution is 5.82. The molecular weight excluding hydrogens is 499 g/mol. The lowest BCUT2D eigenvalue weighted by Gasteiger charge is -2.46. The van der Waals surface area contributed by atoms with Crippen LogP contribution in [0.5, 0.6) is 5.75 Å². The molecule has 198 valence electrons. The van der Waals surface area contributed by atoms with Gasteiger partial charge in [0.2, 0.25) is 5.91 Å². The Morgan fingerprint density at radius 1 is 1.28 bits per heavy atom. The number of halogens is 3. The lowest BCUT2D eigenvalue weighted by molar-refractivity contribution is -0.284. The van der Waals surface area contributed by atoms with Crippen LogP contribution in [0, 0.1) is 0 Å². The highest BCUT2D eigenvalue weighted by Gasteiger charge is 2.56. The van der Waals surface area contributed by atoms with Gasteiger partial charge in [0, 0.05) is 24.4 Å². The Morgan fingerprint density at radius 2 is 1.94 bits per heavy atom. The molecule has 1 aromatic heterocycles. The van der Waals surface area contributed by atoms with Crippen LogP contribution in [0.1, 0.15) is 18.9 Å². The molecule has 2 heterocycles. The lowest BCUT2D eigenvalue weighted by atomic mass is 9.88. The summed E-state index contributed by atoms with van der Waals surface area (Å²) in [6, 6.07) is 1.42. The highest BCUT2D eigenvalue weighted by atomic mass is 19.4. The summed E-state index contributed by atoms with van der Waals surface area (Å²) in [5, 5.41) is 51.7. The summed E-state index contributed by atoms with van der Waals surface area (Å²) in [5.41, 5.74) is -3.21. The van der Waals surface area contributed by atoms with E-state index in [1.165, 1.54) is 0 Å². The number of rotatable bonds is 7. The van der Waals surface area contributed by atoms with E-state index >= 15 is 0 Å². The maximum absolute atomic E-state index is 13.3. The molecule has 1 aromatic carbocycles. The average molecular weight is 521 g/mol. The normalized spacial score (nSPS) is 26.3. The van der Waals surface area contributed by atoms with Crippen molar-refractivity contribution in [1.29, 1.82) is 0 Å². The Kier molecular flexibility index (Phi) is 7.61. The molecule has 1 aliphatic rings. The first kappa shape index (κ1) is 27.3. The van der Waals surface area contributed by atoms with Crippen molar-refractivity contribution in [3.05, 3.63) is 40.2 Å². The topological polar surface area (TPSA) is 196 Å². The minimum absolute atomic E-state index is 0.253. The largest absolute Gasteiger partial charge is 0.476 e. The maximum Gasteiger partial charge on any atom is 0.417 e. The van der Waals surface area contributed by atoms with E-state index in [1.54, 1.807) is 0 Å². The van der Waals surface area contributed by atoms with Crippen molar-refractivity contribution in [1.82, 2.24) is 5.32 Å². The first-order valence-corrected chi connectivity index (χ1v) is 10.4. The molecule has 1 saturated heterocycles. The number of hydrogen-bond acceptors (Lipinski definition) is 10. The third kappa shape index (κ3) is 5.44. The Labute approximate surface area is 199 Å². The van der Waals surface area contributed by atoms with Gasteiger partial charge in [0.25, 0.3) is 0 Å². The van der Waals surface area contributed by atoms with Gasteiger partial charge in [-0.05, 0) is 12.1 Å². The number of nitrogens with one attached hydrogen (secondary N) is 1. The number of amides is 1. The lowest BCUT2D eigenvalue weighted by Crippen LogP contribution is -2.68. The maximum atomic E-state index is 13.3. The number of fused-ring (bicyclic) bond motifs is 1. The minimum atomic E-state index is -4.90. The molecule has 0 radical (unpaired) electrons. The van der Waals surface area contributed by atoms with Crippen LogP contribution in [0.15, 0.2) is 33.5 Å². The van der Waals surface area contributed by atoms with Crippen molar-refractivity contribution in [2.75, 3.05) is 6.61 Å². The van der Waals surface area contributed by atoms with E-state index in [4.69, 9.17) is 19.0 Å². The molecule has 0 spiro atoms. The number of aliphatic carboxylic acids is 1. The Balaban J connectivity index is 2.05. The predicted molar refractivity (Wildman–Crippen MR) is 111 cm³/mol. The number of aliphatic hydroxyl groups is 4. The number of aliphatic hydroxyl groups excluding tert-OH is 4. The molecule has 0 aliphatic carbocycles. The Bertz CT molecular complexity index is 1200. The molecule has 1 fully saturated rings. The van der Waals surface area contributed by atoms with Crippen LogP contribution in [-0.2, 0) is 20.5 Å². The van der Waals surface area contributed by atoms with Crippen LogP contribution in [0.2, 0.25) is 0 Å². The smallest absolute Gasteiger partial charge is 0.417 e. The van der Waals surface area contributed by atoms with Crippen molar-refractivity contribution in [3.63, 3.8) is 0 Å². The molecule has 1 amide bonds. The summed E-state index contributed by atoms with van der Waals surface area (Å²) in [7, 11) is 0. The Morgan fingerprint density at radius 3 is 2.50 bits per heavy atom. The molecule has 36 heavy (non-hydrogen) atoms. The molecule has 12 nitrogen and oxygen atoms in total. The standard InChI is InChI=1S/C21H22F3NO11/c1-8(27)25-16-12(28)6-20(19(32)33,36-18(16)17(31)13(29)7-26)35-9-2-3-10-11(21(22,23)24)5-15(30)34-14(10)4-9/h2-5,12-13,16-18,26,28-29,31H,6-7H2,1H3,(H,25,27)(H,32,33)/t12-,13-,16+,17-,18+,20+/m0/s1. The number of hydrogen-bond donors (Lipinski definition) is 6. The molecule has 0 bridgehead atoms. The van der Waals surface area contributed by atoms with Gasteiger partial charge in [-0.15, -0.1) is 0 Å². The average Bonchev–Trinajstić information content (AvgIpc) is 2.77. The molecule has 2 aromatic rings. The van der Waals surface area contributed by atoms with Gasteiger partial charge in [-0.25, -0.2) is 9.59 Å². The molecule has 15 heteroatoms. The van der Waals surface area contributed by atoms with Crippen LogP contribution in [0.3, 0.4) is 0 Å². The van der Waals surface area contributed by atoms with Crippen LogP contribution in [0.25, 0.3) is 11.0 Å². The quantitative estimate of drug-likeness (QED) is 0.253. The fraction of sp³-hybridized carbons (Fsp3) is 0.476. The summed E-state index contributed by atoms with van der Waals surface area (Å²) in [6.45, 7) is 0.0718. The van der Waals surface area contributed by atoms with Crippen molar-refractivity contribution in [2.24, 2.45) is 0 Å². The molecule has 6 atom stereocenters. The third-order valence-electron chi connectivity index (χ3n) is 5.49. The SMILES string of the molecule is CC(=O)N[C@H]1[C@H]([C@@H](O)[C@@H](O)CO)O[C@@](Oc2ccc3c(C(F)(F)F)cc(=O)oc3c2)(C(=O)O)C[C@@H]1O. The number of carboxylic acid groups (broad SMARTS) is 1. The zero-order valence-electron chi connectivity index (χ0n) is 18.4. The van der Waals surface area contributed by atoms with Gasteiger partial charge < -0.3 is 44.7 Å². The van der Waals surface area contributed by atoms with Gasteiger partial charge >= 0.3 is 23.6 Å².